The number of carbonyl (C=O) groups excluding carboxylic acids is 1. The van der Waals surface area contributed by atoms with Gasteiger partial charge >= 0.3 is 6.18 Å². The van der Waals surface area contributed by atoms with Gasteiger partial charge in [-0.2, -0.15) is 13.2 Å². The zero-order valence-corrected chi connectivity index (χ0v) is 15.4. The molecule has 134 valence electrons. The first kappa shape index (κ1) is 19.5. The van der Waals surface area contributed by atoms with Crippen molar-refractivity contribution in [3.8, 4) is 0 Å². The predicted molar refractivity (Wildman–Crippen MR) is 95.3 cm³/mol. The standard InChI is InChI=1S/C18H18BrF3N2O/c1-12-8-15(19)6-7-16(12)23-17(25)11-24(2)10-13-4-3-5-14(9-13)18(20,21)22/h3-9H,10-11H2,1-2H3,(H,23,25). The summed E-state index contributed by atoms with van der Waals surface area (Å²) in [6, 6.07) is 10.6. The highest BCUT2D eigenvalue weighted by molar-refractivity contribution is 9.10. The second-order valence-electron chi connectivity index (χ2n) is 5.88. The van der Waals surface area contributed by atoms with Crippen LogP contribution in [0.2, 0.25) is 0 Å². The largest absolute Gasteiger partial charge is 0.416 e. The second-order valence-corrected chi connectivity index (χ2v) is 6.79. The number of anilines is 1. The zero-order chi connectivity index (χ0) is 18.6. The van der Waals surface area contributed by atoms with Crippen molar-refractivity contribution < 1.29 is 18.0 Å². The van der Waals surface area contributed by atoms with Gasteiger partial charge in [-0.1, -0.05) is 34.1 Å². The van der Waals surface area contributed by atoms with Crippen molar-refractivity contribution in [2.24, 2.45) is 0 Å². The minimum Gasteiger partial charge on any atom is -0.325 e. The van der Waals surface area contributed by atoms with Crippen molar-refractivity contribution >= 4 is 27.5 Å². The third-order valence-electron chi connectivity index (χ3n) is 3.58. The molecule has 0 saturated heterocycles. The van der Waals surface area contributed by atoms with Crippen LogP contribution in [0, 0.1) is 6.92 Å². The van der Waals surface area contributed by atoms with E-state index < -0.39 is 11.7 Å². The van der Waals surface area contributed by atoms with Crippen LogP contribution in [0.25, 0.3) is 0 Å². The number of halogens is 4. The first-order valence-corrected chi connectivity index (χ1v) is 8.35. The van der Waals surface area contributed by atoms with Gasteiger partial charge in [0.25, 0.3) is 0 Å². The summed E-state index contributed by atoms with van der Waals surface area (Å²) in [6.45, 7) is 2.20. The molecular formula is C18H18BrF3N2O. The number of nitrogens with zero attached hydrogens (tertiary/aromatic N) is 1. The topological polar surface area (TPSA) is 32.3 Å². The van der Waals surface area contributed by atoms with Gasteiger partial charge in [-0.3, -0.25) is 9.69 Å². The molecule has 0 aromatic heterocycles. The summed E-state index contributed by atoms with van der Waals surface area (Å²) in [5.41, 5.74) is 1.45. The number of benzene rings is 2. The molecule has 0 aliphatic heterocycles. The highest BCUT2D eigenvalue weighted by Crippen LogP contribution is 2.29. The number of rotatable bonds is 5. The molecule has 3 nitrogen and oxygen atoms in total. The van der Waals surface area contributed by atoms with Gasteiger partial charge in [-0.05, 0) is 49.4 Å². The Morgan fingerprint density at radius 1 is 1.20 bits per heavy atom. The van der Waals surface area contributed by atoms with Crippen molar-refractivity contribution in [3.63, 3.8) is 0 Å². The lowest BCUT2D eigenvalue weighted by atomic mass is 10.1. The Morgan fingerprint density at radius 2 is 1.92 bits per heavy atom. The summed E-state index contributed by atoms with van der Waals surface area (Å²) < 4.78 is 39.1. The van der Waals surface area contributed by atoms with Crippen molar-refractivity contribution in [2.45, 2.75) is 19.6 Å². The zero-order valence-electron chi connectivity index (χ0n) is 13.8. The van der Waals surface area contributed by atoms with E-state index in [1.54, 1.807) is 24.1 Å². The molecule has 0 radical (unpaired) electrons. The summed E-state index contributed by atoms with van der Waals surface area (Å²) in [4.78, 5) is 13.8. The molecule has 0 unspecified atom stereocenters. The molecule has 0 atom stereocenters. The maximum absolute atomic E-state index is 12.7. The summed E-state index contributed by atoms with van der Waals surface area (Å²) in [6.07, 6.45) is -4.37. The van der Waals surface area contributed by atoms with Gasteiger partial charge in [-0.15, -0.1) is 0 Å². The molecule has 0 spiro atoms. The van der Waals surface area contributed by atoms with Gasteiger partial charge in [0.15, 0.2) is 0 Å². The van der Waals surface area contributed by atoms with E-state index in [0.29, 0.717) is 11.3 Å². The number of hydrogen-bond donors (Lipinski definition) is 1. The lowest BCUT2D eigenvalue weighted by Gasteiger charge is -2.18. The molecule has 1 amide bonds. The smallest absolute Gasteiger partial charge is 0.325 e. The summed E-state index contributed by atoms with van der Waals surface area (Å²) in [5.74, 6) is -0.222. The number of hydrogen-bond acceptors (Lipinski definition) is 2. The molecule has 7 heteroatoms. The quantitative estimate of drug-likeness (QED) is 0.758. The van der Waals surface area contributed by atoms with E-state index in [1.165, 1.54) is 6.07 Å². The Bertz CT molecular complexity index is 762. The van der Waals surface area contributed by atoms with Gasteiger partial charge < -0.3 is 5.32 Å². The predicted octanol–water partition coefficient (Wildman–Crippen LogP) is 4.85. The van der Waals surface area contributed by atoms with E-state index in [1.807, 2.05) is 19.1 Å². The first-order valence-electron chi connectivity index (χ1n) is 7.56. The van der Waals surface area contributed by atoms with Crippen molar-refractivity contribution in [3.05, 3.63) is 63.6 Å². The molecule has 0 aliphatic carbocycles. The molecule has 2 aromatic carbocycles. The molecule has 0 saturated carbocycles. The van der Waals surface area contributed by atoms with Crippen molar-refractivity contribution in [1.29, 1.82) is 0 Å². The molecule has 2 aromatic rings. The fourth-order valence-electron chi connectivity index (χ4n) is 2.42. The molecule has 0 fully saturated rings. The third-order valence-corrected chi connectivity index (χ3v) is 4.08. The van der Waals surface area contributed by atoms with E-state index in [0.717, 1.165) is 22.2 Å². The van der Waals surface area contributed by atoms with Crippen molar-refractivity contribution in [2.75, 3.05) is 18.9 Å². The number of alkyl halides is 3. The van der Waals surface area contributed by atoms with E-state index >= 15 is 0 Å². The van der Waals surface area contributed by atoms with Crippen LogP contribution >= 0.6 is 15.9 Å². The van der Waals surface area contributed by atoms with Crippen LogP contribution in [0.5, 0.6) is 0 Å². The number of nitrogens with one attached hydrogen (secondary N) is 1. The van der Waals surface area contributed by atoms with E-state index in [4.69, 9.17) is 0 Å². The van der Waals surface area contributed by atoms with E-state index in [2.05, 4.69) is 21.2 Å². The van der Waals surface area contributed by atoms with Crippen LogP contribution in [0.3, 0.4) is 0 Å². The highest BCUT2D eigenvalue weighted by Gasteiger charge is 2.30. The number of carbonyl (C=O) groups is 1. The number of amides is 1. The van der Waals surface area contributed by atoms with Crippen LogP contribution in [0.4, 0.5) is 18.9 Å². The lowest BCUT2D eigenvalue weighted by Crippen LogP contribution is -2.30. The summed E-state index contributed by atoms with van der Waals surface area (Å²) in [7, 11) is 1.69. The fraction of sp³-hybridized carbons (Fsp3) is 0.278. The molecule has 0 heterocycles. The Kier molecular flexibility index (Phi) is 6.24. The van der Waals surface area contributed by atoms with Crippen LogP contribution < -0.4 is 5.32 Å². The van der Waals surface area contributed by atoms with Crippen LogP contribution in [0.15, 0.2) is 46.9 Å². The maximum Gasteiger partial charge on any atom is 0.416 e. The van der Waals surface area contributed by atoms with E-state index in [9.17, 15) is 18.0 Å². The molecule has 2 rings (SSSR count). The first-order chi connectivity index (χ1) is 11.6. The van der Waals surface area contributed by atoms with Gasteiger partial charge in [0.05, 0.1) is 12.1 Å². The average molecular weight is 415 g/mol. The van der Waals surface area contributed by atoms with Crippen LogP contribution in [-0.4, -0.2) is 24.4 Å². The molecule has 25 heavy (non-hydrogen) atoms. The molecule has 0 aliphatic rings. The van der Waals surface area contributed by atoms with Gasteiger partial charge in [-0.25, -0.2) is 0 Å². The Hall–Kier alpha value is -1.86. The SMILES string of the molecule is Cc1cc(Br)ccc1NC(=O)CN(C)Cc1cccc(C(F)(F)F)c1. The van der Waals surface area contributed by atoms with E-state index in [-0.39, 0.29) is 19.0 Å². The highest BCUT2D eigenvalue weighted by atomic mass is 79.9. The Balaban J connectivity index is 1.95. The molecular weight excluding hydrogens is 397 g/mol. The lowest BCUT2D eigenvalue weighted by molar-refractivity contribution is -0.137. The minimum absolute atomic E-state index is 0.0751. The number of likely N-dealkylation sites (N-methyl/N-ethyl adjacent to an activating group) is 1. The van der Waals surface area contributed by atoms with Gasteiger partial charge in [0.1, 0.15) is 0 Å². The van der Waals surface area contributed by atoms with Crippen LogP contribution in [0.1, 0.15) is 16.7 Å². The van der Waals surface area contributed by atoms with Gasteiger partial charge in [0, 0.05) is 16.7 Å². The summed E-state index contributed by atoms with van der Waals surface area (Å²) in [5, 5.41) is 2.81. The summed E-state index contributed by atoms with van der Waals surface area (Å²) >= 11 is 3.36. The monoisotopic (exact) mass is 414 g/mol. The fourth-order valence-corrected chi connectivity index (χ4v) is 2.89. The molecule has 1 N–H and O–H groups in total. The maximum atomic E-state index is 12.7. The number of aryl methyl sites for hydroxylation is 1. The third kappa shape index (κ3) is 5.86. The molecule has 0 bridgehead atoms. The normalized spacial score (nSPS) is 11.6. The second kappa shape index (κ2) is 8.01. The average Bonchev–Trinajstić information content (AvgIpc) is 2.49. The Labute approximate surface area is 153 Å². The van der Waals surface area contributed by atoms with Crippen LogP contribution in [-0.2, 0) is 17.5 Å². The minimum atomic E-state index is -4.37. The Morgan fingerprint density at radius 3 is 2.56 bits per heavy atom. The van der Waals surface area contributed by atoms with Gasteiger partial charge in [0.2, 0.25) is 5.91 Å². The van der Waals surface area contributed by atoms with Crippen molar-refractivity contribution in [1.82, 2.24) is 4.90 Å².